The molecule has 2 aliphatic rings. The van der Waals surface area contributed by atoms with Crippen molar-refractivity contribution in [3.05, 3.63) is 0 Å². The number of nitrogens with zero attached hydrogens (tertiary/aromatic N) is 2. The third-order valence-corrected chi connectivity index (χ3v) is 2.68. The second kappa shape index (κ2) is 4.55. The van der Waals surface area contributed by atoms with Gasteiger partial charge in [-0.3, -0.25) is 4.79 Å². The van der Waals surface area contributed by atoms with Crippen LogP contribution < -0.4 is 5.32 Å². The van der Waals surface area contributed by atoms with Gasteiger partial charge >= 0.3 is 0 Å². The van der Waals surface area contributed by atoms with Crippen LogP contribution in [0.15, 0.2) is 5.10 Å². The van der Waals surface area contributed by atoms with Crippen LogP contribution in [-0.4, -0.2) is 69.1 Å². The largest absolute Gasteiger partial charge is 0.396 e. The Morgan fingerprint density at radius 2 is 2.18 bits per heavy atom. The Bertz CT molecular complexity index is 337. The highest BCUT2D eigenvalue weighted by Crippen LogP contribution is 2.29. The molecule has 0 aliphatic carbocycles. The predicted octanol–water partition coefficient (Wildman–Crippen LogP) is -3.68. The van der Waals surface area contributed by atoms with Gasteiger partial charge in [0.2, 0.25) is 6.35 Å². The van der Waals surface area contributed by atoms with Crippen LogP contribution >= 0.6 is 0 Å². The second-order valence-corrected chi connectivity index (χ2v) is 3.76. The molecule has 9 heteroatoms. The predicted molar refractivity (Wildman–Crippen MR) is 51.9 cm³/mol. The molecule has 0 aromatic heterocycles. The van der Waals surface area contributed by atoms with Crippen molar-refractivity contribution in [2.75, 3.05) is 6.61 Å². The molecule has 0 aromatic rings. The van der Waals surface area contributed by atoms with Crippen LogP contribution in [0.25, 0.3) is 0 Å². The van der Waals surface area contributed by atoms with Crippen molar-refractivity contribution in [3.63, 3.8) is 0 Å². The first-order valence-corrected chi connectivity index (χ1v) is 4.98. The molecule has 2 heterocycles. The molecule has 1 saturated heterocycles. The number of amides is 1. The van der Waals surface area contributed by atoms with E-state index in [0.717, 1.165) is 11.2 Å². The van der Waals surface area contributed by atoms with Crippen LogP contribution in [0.4, 0.5) is 0 Å². The van der Waals surface area contributed by atoms with E-state index in [0.29, 0.717) is 0 Å². The van der Waals surface area contributed by atoms with Gasteiger partial charge in [-0.05, 0) is 0 Å². The molecule has 2 rings (SSSR count). The molecule has 1 amide bonds. The van der Waals surface area contributed by atoms with Gasteiger partial charge in [0, 0.05) is 0 Å². The number of aliphatic hydroxyl groups excluding tert-OH is 4. The highest BCUT2D eigenvalue weighted by atomic mass is 16.6. The lowest BCUT2D eigenvalue weighted by molar-refractivity contribution is -0.193. The summed E-state index contributed by atoms with van der Waals surface area (Å²) in [4.78, 5) is 10.9. The second-order valence-electron chi connectivity index (χ2n) is 3.76. The van der Waals surface area contributed by atoms with Gasteiger partial charge in [0.05, 0.1) is 12.5 Å². The number of hydrogen-bond acceptors (Lipinski definition) is 8. The smallest absolute Gasteiger partial charge is 0.267 e. The van der Waals surface area contributed by atoms with Gasteiger partial charge in [-0.25, -0.2) is 5.01 Å². The Labute approximate surface area is 95.9 Å². The molecular formula is C8H13N3O6. The van der Waals surface area contributed by atoms with E-state index in [1.165, 1.54) is 0 Å². The van der Waals surface area contributed by atoms with E-state index in [1.807, 2.05) is 0 Å². The first-order valence-electron chi connectivity index (χ1n) is 4.98. The molecule has 5 atom stereocenters. The Balaban J connectivity index is 2.16. The van der Waals surface area contributed by atoms with Crippen molar-refractivity contribution in [3.8, 4) is 0 Å². The number of carbonyl (C=O) groups is 1. The Hall–Kier alpha value is -1.26. The van der Waals surface area contributed by atoms with Gasteiger partial charge < -0.3 is 30.5 Å². The fourth-order valence-corrected chi connectivity index (χ4v) is 1.78. The van der Waals surface area contributed by atoms with Crippen LogP contribution in [0, 0.1) is 5.92 Å². The molecule has 2 aliphatic heterocycles. The molecule has 17 heavy (non-hydrogen) atoms. The minimum absolute atomic E-state index is 0.463. The van der Waals surface area contributed by atoms with Crippen LogP contribution in [0.1, 0.15) is 0 Å². The van der Waals surface area contributed by atoms with E-state index in [9.17, 15) is 20.1 Å². The summed E-state index contributed by atoms with van der Waals surface area (Å²) in [5.74, 6) is -1.42. The summed E-state index contributed by atoms with van der Waals surface area (Å²) in [7, 11) is 0. The molecule has 1 fully saturated rings. The van der Waals surface area contributed by atoms with Gasteiger partial charge in [-0.2, -0.15) is 5.10 Å². The molecule has 0 aromatic carbocycles. The maximum Gasteiger partial charge on any atom is 0.267 e. The summed E-state index contributed by atoms with van der Waals surface area (Å²) < 4.78 is 4.97. The van der Waals surface area contributed by atoms with Gasteiger partial charge in [0.1, 0.15) is 12.3 Å². The van der Waals surface area contributed by atoms with E-state index in [-0.39, 0.29) is 0 Å². The molecule has 5 N–H and O–H groups in total. The first kappa shape index (κ1) is 12.2. The van der Waals surface area contributed by atoms with E-state index < -0.39 is 43.4 Å². The Morgan fingerprint density at radius 1 is 1.47 bits per heavy atom. The zero-order valence-electron chi connectivity index (χ0n) is 8.67. The quantitative estimate of drug-likeness (QED) is 0.339. The Morgan fingerprint density at radius 3 is 2.76 bits per heavy atom. The minimum Gasteiger partial charge on any atom is -0.396 e. The molecule has 96 valence electrons. The summed E-state index contributed by atoms with van der Waals surface area (Å²) >= 11 is 0. The molecule has 0 unspecified atom stereocenters. The fraction of sp³-hybridized carbons (Fsp3) is 0.750. The Kier molecular flexibility index (Phi) is 3.26. The number of ether oxygens (including phenoxy) is 1. The van der Waals surface area contributed by atoms with Crippen LogP contribution in [-0.2, 0) is 9.53 Å². The normalized spacial score (nSPS) is 41.8. The summed E-state index contributed by atoms with van der Waals surface area (Å²) in [5, 5.41) is 44.2. The van der Waals surface area contributed by atoms with Crippen molar-refractivity contribution < 1.29 is 30.0 Å². The van der Waals surface area contributed by atoms with Crippen LogP contribution in [0.3, 0.4) is 0 Å². The zero-order valence-corrected chi connectivity index (χ0v) is 8.67. The summed E-state index contributed by atoms with van der Waals surface area (Å²) in [6.45, 7) is -0.463. The number of carbonyl (C=O) groups excluding carboxylic acids is 1. The lowest BCUT2D eigenvalue weighted by Gasteiger charge is -2.34. The van der Waals surface area contributed by atoms with E-state index in [2.05, 4.69) is 10.4 Å². The first-order chi connectivity index (χ1) is 8.04. The zero-order chi connectivity index (χ0) is 12.6. The lowest BCUT2D eigenvalue weighted by atomic mass is 10.0. The average molecular weight is 247 g/mol. The number of rotatable bonds is 2. The van der Waals surface area contributed by atoms with Crippen LogP contribution in [0.5, 0.6) is 0 Å². The summed E-state index contributed by atoms with van der Waals surface area (Å²) in [5.41, 5.74) is 0. The summed E-state index contributed by atoms with van der Waals surface area (Å²) in [6, 6.07) is 0. The molecule has 9 nitrogen and oxygen atoms in total. The van der Waals surface area contributed by atoms with Gasteiger partial charge in [-0.15, -0.1) is 0 Å². The third kappa shape index (κ3) is 2.10. The maximum absolute atomic E-state index is 10.9. The monoisotopic (exact) mass is 247 g/mol. The van der Waals surface area contributed by atoms with Crippen molar-refractivity contribution in [2.45, 2.75) is 25.0 Å². The van der Waals surface area contributed by atoms with Gasteiger partial charge in [0.15, 0.2) is 12.5 Å². The van der Waals surface area contributed by atoms with Gasteiger partial charge in [0.25, 0.3) is 5.91 Å². The van der Waals surface area contributed by atoms with Crippen molar-refractivity contribution in [1.29, 1.82) is 0 Å². The van der Waals surface area contributed by atoms with E-state index >= 15 is 0 Å². The van der Waals surface area contributed by atoms with Crippen LogP contribution in [0.2, 0.25) is 0 Å². The highest BCUT2D eigenvalue weighted by Gasteiger charge is 2.47. The number of hydrazone groups is 1. The third-order valence-electron chi connectivity index (χ3n) is 2.68. The average Bonchev–Trinajstić information content (AvgIpc) is 2.55. The van der Waals surface area contributed by atoms with Crippen molar-refractivity contribution in [1.82, 2.24) is 10.3 Å². The van der Waals surface area contributed by atoms with Gasteiger partial charge in [-0.1, -0.05) is 0 Å². The molecule has 0 spiro atoms. The highest BCUT2D eigenvalue weighted by molar-refractivity contribution is 6.26. The minimum atomic E-state index is -1.47. The topological polar surface area (TPSA) is 135 Å². The number of hydrogen-bond donors (Lipinski definition) is 5. The lowest BCUT2D eigenvalue weighted by Crippen LogP contribution is -2.55. The number of nitrogens with one attached hydrogen (secondary N) is 1. The van der Waals surface area contributed by atoms with Crippen molar-refractivity contribution in [2.24, 2.45) is 11.0 Å². The SMILES string of the molecule is O=C1C=NN([C@H]2O[C@@H](O)[C@@H](O)[C@H]2CO)[C@@H](O)N1. The molecule has 0 saturated carbocycles. The standard InChI is InChI=1S/C8H13N3O6/c12-2-3-5(14)7(15)17-6(3)11-8(16)10-4(13)1-9-11/h1,3,5-8,12,14-16H,2H2,(H,10,13)/t3-,5+,6+,7-,8+/m1/s1. The molecule has 0 bridgehead atoms. The fourth-order valence-electron chi connectivity index (χ4n) is 1.78. The molecular weight excluding hydrogens is 234 g/mol. The maximum atomic E-state index is 10.9. The van der Waals surface area contributed by atoms with E-state index in [4.69, 9.17) is 9.84 Å². The summed E-state index contributed by atoms with van der Waals surface area (Å²) in [6.07, 6.45) is -4.31. The van der Waals surface area contributed by atoms with E-state index in [1.54, 1.807) is 0 Å². The number of aliphatic hydroxyl groups is 4. The molecule has 0 radical (unpaired) electrons. The van der Waals surface area contributed by atoms with Crippen molar-refractivity contribution >= 4 is 12.1 Å².